The fourth-order valence-corrected chi connectivity index (χ4v) is 2.30. The van der Waals surface area contributed by atoms with Crippen LogP contribution >= 0.6 is 15.9 Å². The Kier molecular flexibility index (Phi) is 3.38. The van der Waals surface area contributed by atoms with Crippen molar-refractivity contribution in [3.05, 3.63) is 39.9 Å². The summed E-state index contributed by atoms with van der Waals surface area (Å²) < 4.78 is 37.9. The van der Waals surface area contributed by atoms with E-state index in [0.717, 1.165) is 29.7 Å². The van der Waals surface area contributed by atoms with E-state index in [9.17, 15) is 13.2 Å². The maximum atomic E-state index is 12.5. The van der Waals surface area contributed by atoms with Crippen LogP contribution in [-0.2, 0) is 6.18 Å². The summed E-state index contributed by atoms with van der Waals surface area (Å²) in [6.07, 6.45) is -0.0380. The van der Waals surface area contributed by atoms with Crippen LogP contribution in [0.4, 0.5) is 13.2 Å². The second-order valence-electron chi connectivity index (χ2n) is 3.69. The molecule has 0 N–H and O–H groups in total. The molecule has 17 heavy (non-hydrogen) atoms. The quantitative estimate of drug-likeness (QED) is 0.732. The lowest BCUT2D eigenvalue weighted by Gasteiger charge is -2.13. The normalized spacial score (nSPS) is 15.9. The van der Waals surface area contributed by atoms with Crippen LogP contribution in [0.1, 0.15) is 17.5 Å². The molecule has 0 bridgehead atoms. The van der Waals surface area contributed by atoms with Crippen molar-refractivity contribution in [2.45, 2.75) is 12.6 Å². The Morgan fingerprint density at radius 1 is 1.24 bits per heavy atom. The van der Waals surface area contributed by atoms with Crippen LogP contribution in [0.15, 0.2) is 33.7 Å². The molecule has 2 rings (SSSR count). The molecular formula is C12H9BrF3N. The number of hydrogen-bond acceptors (Lipinski definition) is 1. The van der Waals surface area contributed by atoms with Crippen molar-refractivity contribution in [2.75, 3.05) is 6.54 Å². The molecule has 0 aliphatic carbocycles. The summed E-state index contributed by atoms with van der Waals surface area (Å²) in [5.74, 6) is 0. The van der Waals surface area contributed by atoms with Gasteiger partial charge in [-0.25, -0.2) is 0 Å². The van der Waals surface area contributed by atoms with Gasteiger partial charge in [-0.05, 0) is 35.8 Å². The summed E-state index contributed by atoms with van der Waals surface area (Å²) in [5, 5.41) is 0. The Morgan fingerprint density at radius 3 is 2.53 bits per heavy atom. The van der Waals surface area contributed by atoms with Crippen molar-refractivity contribution in [3.63, 3.8) is 0 Å². The molecule has 0 radical (unpaired) electrons. The first-order valence-electron chi connectivity index (χ1n) is 5.04. The summed E-state index contributed by atoms with van der Waals surface area (Å²) in [6.45, 7) is 0.680. The fraction of sp³-hybridized carbons (Fsp3) is 0.250. The van der Waals surface area contributed by atoms with Crippen molar-refractivity contribution >= 4 is 27.7 Å². The molecule has 0 saturated carbocycles. The lowest BCUT2D eigenvalue weighted by Crippen LogP contribution is -2.05. The number of halogens is 4. The molecule has 0 spiro atoms. The summed E-state index contributed by atoms with van der Waals surface area (Å²) >= 11 is 3.19. The molecule has 0 unspecified atom stereocenters. The van der Waals surface area contributed by atoms with Gasteiger partial charge in [0.2, 0.25) is 0 Å². The molecule has 0 aromatic heterocycles. The Labute approximate surface area is 105 Å². The first-order chi connectivity index (χ1) is 7.98. The molecule has 1 aliphatic heterocycles. The van der Waals surface area contributed by atoms with Crippen LogP contribution in [0, 0.1) is 0 Å². The van der Waals surface area contributed by atoms with Crippen molar-refractivity contribution in [1.29, 1.82) is 0 Å². The molecule has 5 heteroatoms. The number of hydrogen-bond donors (Lipinski definition) is 0. The third-order valence-corrected chi connectivity index (χ3v) is 3.19. The zero-order valence-corrected chi connectivity index (χ0v) is 10.3. The highest BCUT2D eigenvalue weighted by molar-refractivity contribution is 9.10. The minimum Gasteiger partial charge on any atom is -0.293 e. The lowest BCUT2D eigenvalue weighted by molar-refractivity contribution is -0.137. The van der Waals surface area contributed by atoms with E-state index in [1.165, 1.54) is 6.07 Å². The van der Waals surface area contributed by atoms with Crippen LogP contribution in [0.25, 0.3) is 5.57 Å². The summed E-state index contributed by atoms with van der Waals surface area (Å²) in [6, 6.07) is 3.71. The van der Waals surface area contributed by atoms with Crippen LogP contribution < -0.4 is 0 Å². The molecule has 1 aromatic rings. The van der Waals surface area contributed by atoms with Gasteiger partial charge in [-0.2, -0.15) is 13.2 Å². The number of dihydropyridines is 1. The van der Waals surface area contributed by atoms with E-state index >= 15 is 0 Å². The van der Waals surface area contributed by atoms with Crippen LogP contribution in [-0.4, -0.2) is 12.8 Å². The van der Waals surface area contributed by atoms with Crippen LogP contribution in [0.2, 0.25) is 0 Å². The fourth-order valence-electron chi connectivity index (χ4n) is 1.66. The van der Waals surface area contributed by atoms with Crippen molar-refractivity contribution in [1.82, 2.24) is 0 Å². The summed E-state index contributed by atoms with van der Waals surface area (Å²) in [7, 11) is 0. The molecular weight excluding hydrogens is 295 g/mol. The second kappa shape index (κ2) is 4.64. The van der Waals surface area contributed by atoms with Crippen molar-refractivity contribution < 1.29 is 13.2 Å². The number of rotatable bonds is 1. The zero-order valence-electron chi connectivity index (χ0n) is 8.76. The molecule has 1 aromatic carbocycles. The summed E-state index contributed by atoms with van der Waals surface area (Å²) in [4.78, 5) is 4.04. The Balaban J connectivity index is 2.38. The minimum absolute atomic E-state index is 0.467. The van der Waals surface area contributed by atoms with E-state index in [4.69, 9.17) is 0 Å². The molecule has 1 nitrogen and oxygen atoms in total. The first kappa shape index (κ1) is 12.4. The van der Waals surface area contributed by atoms with E-state index in [1.54, 1.807) is 6.21 Å². The maximum Gasteiger partial charge on any atom is 0.416 e. The molecule has 1 aliphatic rings. The van der Waals surface area contributed by atoms with Crippen LogP contribution in [0.3, 0.4) is 0 Å². The number of nitrogens with zero attached hydrogens (tertiary/aromatic N) is 1. The first-order valence-corrected chi connectivity index (χ1v) is 5.84. The Bertz CT molecular complexity index is 489. The molecule has 1 heterocycles. The van der Waals surface area contributed by atoms with Gasteiger partial charge in [0.1, 0.15) is 0 Å². The SMILES string of the molecule is FC(F)(F)c1ccc(C2=CC=NCC2)c(Br)c1. The molecule has 0 saturated heterocycles. The largest absolute Gasteiger partial charge is 0.416 e. The van der Waals surface area contributed by atoms with E-state index < -0.39 is 11.7 Å². The highest BCUT2D eigenvalue weighted by Gasteiger charge is 2.30. The van der Waals surface area contributed by atoms with Gasteiger partial charge in [0.05, 0.1) is 5.56 Å². The Morgan fingerprint density at radius 2 is 2.00 bits per heavy atom. The third kappa shape index (κ3) is 2.77. The van der Waals surface area contributed by atoms with E-state index in [0.29, 0.717) is 11.0 Å². The standard InChI is InChI=1S/C12H9BrF3N/c13-11-7-9(12(14,15)16)1-2-10(11)8-3-5-17-6-4-8/h1-3,5,7H,4,6H2. The van der Waals surface area contributed by atoms with E-state index in [2.05, 4.69) is 20.9 Å². The van der Waals surface area contributed by atoms with Gasteiger partial charge in [0, 0.05) is 17.2 Å². The predicted octanol–water partition coefficient (Wildman–Crippen LogP) is 4.33. The van der Waals surface area contributed by atoms with Gasteiger partial charge in [0.15, 0.2) is 0 Å². The molecule has 0 amide bonds. The van der Waals surface area contributed by atoms with E-state index in [-0.39, 0.29) is 0 Å². The molecule has 0 fully saturated rings. The third-order valence-electron chi connectivity index (χ3n) is 2.53. The monoisotopic (exact) mass is 303 g/mol. The highest BCUT2D eigenvalue weighted by Crippen LogP contribution is 2.35. The average molecular weight is 304 g/mol. The van der Waals surface area contributed by atoms with Gasteiger partial charge < -0.3 is 0 Å². The van der Waals surface area contributed by atoms with E-state index in [1.807, 2.05) is 6.08 Å². The molecule has 0 atom stereocenters. The number of aliphatic imine (C=N–C) groups is 1. The highest BCUT2D eigenvalue weighted by atomic mass is 79.9. The zero-order chi connectivity index (χ0) is 12.5. The molecule has 90 valence electrons. The average Bonchev–Trinajstić information content (AvgIpc) is 2.29. The second-order valence-corrected chi connectivity index (χ2v) is 4.54. The van der Waals surface area contributed by atoms with Gasteiger partial charge in [-0.1, -0.05) is 22.0 Å². The number of benzene rings is 1. The van der Waals surface area contributed by atoms with Crippen LogP contribution in [0.5, 0.6) is 0 Å². The minimum atomic E-state index is -4.30. The van der Waals surface area contributed by atoms with Gasteiger partial charge in [-0.15, -0.1) is 0 Å². The smallest absolute Gasteiger partial charge is 0.293 e. The van der Waals surface area contributed by atoms with Gasteiger partial charge in [-0.3, -0.25) is 4.99 Å². The lowest BCUT2D eigenvalue weighted by atomic mass is 10.00. The number of alkyl halides is 3. The van der Waals surface area contributed by atoms with Gasteiger partial charge in [0.25, 0.3) is 0 Å². The predicted molar refractivity (Wildman–Crippen MR) is 65.1 cm³/mol. The van der Waals surface area contributed by atoms with Crippen molar-refractivity contribution in [2.24, 2.45) is 4.99 Å². The van der Waals surface area contributed by atoms with Crippen molar-refractivity contribution in [3.8, 4) is 0 Å². The summed E-state index contributed by atoms with van der Waals surface area (Å²) in [5.41, 5.74) is 1.16. The Hall–Kier alpha value is -1.10. The van der Waals surface area contributed by atoms with Gasteiger partial charge >= 0.3 is 6.18 Å². The maximum absolute atomic E-state index is 12.5. The number of allylic oxidation sites excluding steroid dienone is 1. The topological polar surface area (TPSA) is 12.4 Å².